The summed E-state index contributed by atoms with van der Waals surface area (Å²) in [5.74, 6) is -0.0612. The van der Waals surface area contributed by atoms with E-state index in [2.05, 4.69) is 15.3 Å². The van der Waals surface area contributed by atoms with E-state index in [0.717, 1.165) is 27.5 Å². The number of carbonyl (C=O) groups is 1. The lowest BCUT2D eigenvalue weighted by Crippen LogP contribution is -2.30. The van der Waals surface area contributed by atoms with Gasteiger partial charge in [-0.1, -0.05) is 42.5 Å². The highest BCUT2D eigenvalue weighted by molar-refractivity contribution is 7.09. The van der Waals surface area contributed by atoms with Crippen molar-refractivity contribution in [3.63, 3.8) is 0 Å². The van der Waals surface area contributed by atoms with Crippen LogP contribution >= 0.6 is 11.3 Å². The lowest BCUT2D eigenvalue weighted by atomic mass is 10.0. The van der Waals surface area contributed by atoms with Gasteiger partial charge in [-0.2, -0.15) is 0 Å². The van der Waals surface area contributed by atoms with Gasteiger partial charge in [-0.25, -0.2) is 9.97 Å². The van der Waals surface area contributed by atoms with E-state index < -0.39 is 4.92 Å². The van der Waals surface area contributed by atoms with Gasteiger partial charge in [0.1, 0.15) is 0 Å². The van der Waals surface area contributed by atoms with Crippen molar-refractivity contribution < 1.29 is 9.72 Å². The number of thiazole rings is 1. The van der Waals surface area contributed by atoms with Crippen molar-refractivity contribution in [1.29, 1.82) is 0 Å². The quantitative estimate of drug-likeness (QED) is 0.268. The average molecular weight is 462 g/mol. The number of rotatable bonds is 10. The Morgan fingerprint density at radius 3 is 2.61 bits per heavy atom. The number of nitrogens with one attached hydrogen (secondary N) is 2. The lowest BCUT2D eigenvalue weighted by molar-refractivity contribution is -0.384. The number of aryl methyl sites for hydroxylation is 1. The molecule has 2 heterocycles. The Kier molecular flexibility index (Phi) is 7.21. The maximum Gasteiger partial charge on any atom is 0.269 e. The number of hydrogen-bond donors (Lipinski definition) is 2. The molecule has 0 aliphatic rings. The SMILES string of the molecule is O=C(CCc1ccccc1)NC(Cc1ccc([N+](=O)[O-])cc1)c1csc(Cc2cnc[nH]2)n1. The van der Waals surface area contributed by atoms with E-state index in [-0.39, 0.29) is 17.6 Å². The molecule has 0 saturated carbocycles. The first-order chi connectivity index (χ1) is 16.1. The largest absolute Gasteiger partial charge is 0.348 e. The molecule has 9 heteroatoms. The van der Waals surface area contributed by atoms with Crippen molar-refractivity contribution in [1.82, 2.24) is 20.3 Å². The first-order valence-corrected chi connectivity index (χ1v) is 11.4. The van der Waals surface area contributed by atoms with E-state index in [9.17, 15) is 14.9 Å². The standard InChI is InChI=1S/C24H23N5O3S/c30-23(11-8-17-4-2-1-3-5-17)27-21(12-18-6-9-20(10-7-18)29(31)32)22-15-33-24(28-22)13-19-14-25-16-26-19/h1-7,9-10,14-16,21H,8,11-13H2,(H,25,26)(H,27,30). The fourth-order valence-corrected chi connectivity index (χ4v) is 4.37. The number of aromatic amines is 1. The van der Waals surface area contributed by atoms with Crippen molar-refractivity contribution in [2.75, 3.05) is 0 Å². The molecule has 1 atom stereocenters. The molecule has 0 fully saturated rings. The zero-order chi connectivity index (χ0) is 23.0. The number of amides is 1. The van der Waals surface area contributed by atoms with Crippen molar-refractivity contribution >= 4 is 22.9 Å². The summed E-state index contributed by atoms with van der Waals surface area (Å²) in [5, 5.41) is 16.9. The predicted molar refractivity (Wildman–Crippen MR) is 126 cm³/mol. The fraction of sp³-hybridized carbons (Fsp3) is 0.208. The van der Waals surface area contributed by atoms with Gasteiger partial charge in [0.2, 0.25) is 5.91 Å². The van der Waals surface area contributed by atoms with E-state index in [4.69, 9.17) is 4.98 Å². The Balaban J connectivity index is 1.48. The lowest BCUT2D eigenvalue weighted by Gasteiger charge is -2.17. The van der Waals surface area contributed by atoms with Crippen molar-refractivity contribution in [3.05, 3.63) is 110 Å². The number of carbonyl (C=O) groups excluding carboxylic acids is 1. The number of aromatic nitrogens is 3. The first-order valence-electron chi connectivity index (χ1n) is 10.5. The molecule has 1 unspecified atom stereocenters. The molecule has 168 valence electrons. The van der Waals surface area contributed by atoms with Crippen LogP contribution in [-0.4, -0.2) is 25.8 Å². The molecule has 4 aromatic rings. The van der Waals surface area contributed by atoms with Gasteiger partial charge in [-0.3, -0.25) is 14.9 Å². The van der Waals surface area contributed by atoms with E-state index in [1.807, 2.05) is 35.7 Å². The van der Waals surface area contributed by atoms with Crippen molar-refractivity contribution in [3.8, 4) is 0 Å². The number of imidazole rings is 1. The van der Waals surface area contributed by atoms with Gasteiger partial charge in [0.25, 0.3) is 5.69 Å². The highest BCUT2D eigenvalue weighted by Gasteiger charge is 2.19. The molecule has 0 saturated heterocycles. The van der Waals surface area contributed by atoms with Crippen LogP contribution in [0.1, 0.15) is 40.0 Å². The minimum atomic E-state index is -0.422. The zero-order valence-electron chi connectivity index (χ0n) is 17.8. The van der Waals surface area contributed by atoms with Crippen LogP contribution < -0.4 is 5.32 Å². The third-order valence-corrected chi connectivity index (χ3v) is 6.10. The minimum absolute atomic E-state index is 0.0395. The topological polar surface area (TPSA) is 114 Å². The second-order valence-corrected chi connectivity index (χ2v) is 8.60. The Morgan fingerprint density at radius 1 is 1.12 bits per heavy atom. The highest BCUT2D eigenvalue weighted by atomic mass is 32.1. The van der Waals surface area contributed by atoms with E-state index >= 15 is 0 Å². The molecule has 0 bridgehead atoms. The molecule has 2 aromatic heterocycles. The summed E-state index contributed by atoms with van der Waals surface area (Å²) in [4.78, 5) is 35.2. The fourth-order valence-electron chi connectivity index (χ4n) is 3.50. The summed E-state index contributed by atoms with van der Waals surface area (Å²) in [5.41, 5.74) is 3.78. The highest BCUT2D eigenvalue weighted by Crippen LogP contribution is 2.24. The zero-order valence-corrected chi connectivity index (χ0v) is 18.6. The summed E-state index contributed by atoms with van der Waals surface area (Å²) >= 11 is 1.53. The normalized spacial score (nSPS) is 11.8. The third kappa shape index (κ3) is 6.33. The molecule has 2 N–H and O–H groups in total. The summed E-state index contributed by atoms with van der Waals surface area (Å²) in [7, 11) is 0. The van der Waals surface area contributed by atoms with Crippen LogP contribution in [0.4, 0.5) is 5.69 Å². The second kappa shape index (κ2) is 10.6. The van der Waals surface area contributed by atoms with Gasteiger partial charge >= 0.3 is 0 Å². The summed E-state index contributed by atoms with van der Waals surface area (Å²) in [6.07, 6.45) is 5.54. The molecular formula is C24H23N5O3S. The molecule has 0 radical (unpaired) electrons. The van der Waals surface area contributed by atoms with Gasteiger partial charge in [0.05, 0.1) is 28.0 Å². The number of hydrogen-bond acceptors (Lipinski definition) is 6. The van der Waals surface area contributed by atoms with Gasteiger partial charge in [-0.15, -0.1) is 11.3 Å². The van der Waals surface area contributed by atoms with Crippen LogP contribution in [0.15, 0.2) is 72.5 Å². The van der Waals surface area contributed by atoms with Crippen molar-refractivity contribution in [2.45, 2.75) is 31.7 Å². The number of nitro benzene ring substituents is 1. The Morgan fingerprint density at radius 2 is 1.91 bits per heavy atom. The van der Waals surface area contributed by atoms with E-state index in [1.54, 1.807) is 24.7 Å². The summed E-state index contributed by atoms with van der Waals surface area (Å²) in [6.45, 7) is 0. The number of nitrogens with zero attached hydrogens (tertiary/aromatic N) is 3. The third-order valence-electron chi connectivity index (χ3n) is 5.23. The molecule has 2 aromatic carbocycles. The Hall–Kier alpha value is -3.85. The molecule has 1 amide bonds. The number of H-pyrrole nitrogens is 1. The maximum atomic E-state index is 12.8. The van der Waals surface area contributed by atoms with Crippen LogP contribution in [0, 0.1) is 10.1 Å². The smallest absolute Gasteiger partial charge is 0.269 e. The molecule has 0 aliphatic carbocycles. The summed E-state index contributed by atoms with van der Waals surface area (Å²) in [6, 6.07) is 15.9. The first kappa shape index (κ1) is 22.3. The van der Waals surface area contributed by atoms with Crippen molar-refractivity contribution in [2.24, 2.45) is 0 Å². The van der Waals surface area contributed by atoms with Crippen LogP contribution in [-0.2, 0) is 24.1 Å². The molecule has 0 spiro atoms. The molecule has 8 nitrogen and oxygen atoms in total. The monoisotopic (exact) mass is 461 g/mol. The number of non-ortho nitro benzene ring substituents is 1. The number of nitro groups is 1. The van der Waals surface area contributed by atoms with Crippen LogP contribution in [0.3, 0.4) is 0 Å². The van der Waals surface area contributed by atoms with Gasteiger partial charge in [-0.05, 0) is 24.0 Å². The molecule has 0 aliphatic heterocycles. The van der Waals surface area contributed by atoms with Crippen LogP contribution in [0.25, 0.3) is 0 Å². The summed E-state index contributed by atoms with van der Waals surface area (Å²) < 4.78 is 0. The molecular weight excluding hydrogens is 438 g/mol. The van der Waals surface area contributed by atoms with Crippen LogP contribution in [0.5, 0.6) is 0 Å². The van der Waals surface area contributed by atoms with E-state index in [1.165, 1.54) is 23.5 Å². The maximum absolute atomic E-state index is 12.8. The minimum Gasteiger partial charge on any atom is -0.348 e. The molecule has 33 heavy (non-hydrogen) atoms. The Bertz CT molecular complexity index is 1190. The number of benzene rings is 2. The Labute approximate surface area is 194 Å². The van der Waals surface area contributed by atoms with E-state index in [0.29, 0.717) is 25.7 Å². The van der Waals surface area contributed by atoms with Gasteiger partial charge in [0.15, 0.2) is 0 Å². The molecule has 4 rings (SSSR count). The average Bonchev–Trinajstić information content (AvgIpc) is 3.51. The van der Waals surface area contributed by atoms with Gasteiger partial charge in [0, 0.05) is 42.2 Å². The van der Waals surface area contributed by atoms with Crippen LogP contribution in [0.2, 0.25) is 0 Å². The second-order valence-electron chi connectivity index (χ2n) is 7.65. The van der Waals surface area contributed by atoms with Gasteiger partial charge < -0.3 is 10.3 Å². The predicted octanol–water partition coefficient (Wildman–Crippen LogP) is 4.40.